The van der Waals surface area contributed by atoms with Gasteiger partial charge in [-0.25, -0.2) is 0 Å². The second kappa shape index (κ2) is 9.10. The van der Waals surface area contributed by atoms with Gasteiger partial charge in [-0.15, -0.1) is 0 Å². The lowest BCUT2D eigenvalue weighted by atomic mass is 10.0. The van der Waals surface area contributed by atoms with Crippen LogP contribution in [0.25, 0.3) is 24.3 Å². The highest BCUT2D eigenvalue weighted by molar-refractivity contribution is 5.76. The van der Waals surface area contributed by atoms with Crippen LogP contribution in [-0.2, 0) is 0 Å². The molecule has 2 N–H and O–H groups in total. The minimum absolute atomic E-state index is 0.125. The maximum atomic E-state index is 7.62. The van der Waals surface area contributed by atoms with Crippen molar-refractivity contribution in [1.29, 1.82) is 0 Å². The standard InChI is InChI=1S/C13H13N.C2H6O2/c1-5-10-9-14-13(8-4)12(7-3)11(10)6-2;3-1-2-4/h5-9H,1-4H2;3-4H,1-2H2. The molecule has 96 valence electrons. The zero-order valence-electron chi connectivity index (χ0n) is 10.5. The summed E-state index contributed by atoms with van der Waals surface area (Å²) in [5, 5.41) is 15.2. The minimum Gasteiger partial charge on any atom is -0.394 e. The van der Waals surface area contributed by atoms with Crippen LogP contribution in [0, 0.1) is 0 Å². The van der Waals surface area contributed by atoms with Gasteiger partial charge in [0.25, 0.3) is 0 Å². The molecule has 3 heteroatoms. The Morgan fingerprint density at radius 1 is 0.889 bits per heavy atom. The van der Waals surface area contributed by atoms with E-state index in [9.17, 15) is 0 Å². The van der Waals surface area contributed by atoms with Crippen LogP contribution in [0.2, 0.25) is 0 Å². The molecule has 0 fully saturated rings. The van der Waals surface area contributed by atoms with Gasteiger partial charge in [0.2, 0.25) is 0 Å². The molecule has 0 aliphatic carbocycles. The molecule has 1 heterocycles. The minimum atomic E-state index is -0.125. The fourth-order valence-electron chi connectivity index (χ4n) is 1.34. The Hall–Kier alpha value is -1.97. The van der Waals surface area contributed by atoms with E-state index in [0.717, 1.165) is 22.4 Å². The maximum absolute atomic E-state index is 7.62. The van der Waals surface area contributed by atoms with Gasteiger partial charge in [-0.3, -0.25) is 4.98 Å². The Balaban J connectivity index is 0.000000631. The smallest absolute Gasteiger partial charge is 0.0702 e. The molecule has 0 saturated heterocycles. The summed E-state index contributed by atoms with van der Waals surface area (Å²) in [4.78, 5) is 4.24. The molecule has 1 aromatic heterocycles. The van der Waals surface area contributed by atoms with Crippen molar-refractivity contribution in [2.45, 2.75) is 0 Å². The molecule has 1 rings (SSSR count). The molecular weight excluding hydrogens is 226 g/mol. The van der Waals surface area contributed by atoms with Crippen molar-refractivity contribution in [2.24, 2.45) is 0 Å². The average Bonchev–Trinajstić information content (AvgIpc) is 2.45. The summed E-state index contributed by atoms with van der Waals surface area (Å²) in [7, 11) is 0. The molecule has 0 bridgehead atoms. The molecule has 3 nitrogen and oxygen atoms in total. The Kier molecular flexibility index (Phi) is 8.10. The topological polar surface area (TPSA) is 53.4 Å². The van der Waals surface area contributed by atoms with Crippen LogP contribution < -0.4 is 0 Å². The van der Waals surface area contributed by atoms with Crippen molar-refractivity contribution in [3.05, 3.63) is 54.9 Å². The number of hydrogen-bond acceptors (Lipinski definition) is 3. The Morgan fingerprint density at radius 2 is 1.44 bits per heavy atom. The molecule has 0 amide bonds. The summed E-state index contributed by atoms with van der Waals surface area (Å²) in [6, 6.07) is 0. The molecule has 1 aromatic rings. The van der Waals surface area contributed by atoms with E-state index in [1.807, 2.05) is 0 Å². The Bertz CT molecular complexity index is 395. The van der Waals surface area contributed by atoms with Gasteiger partial charge in [-0.1, -0.05) is 44.5 Å². The van der Waals surface area contributed by atoms with Crippen molar-refractivity contribution < 1.29 is 10.2 Å². The van der Waals surface area contributed by atoms with E-state index in [0.29, 0.717) is 0 Å². The Morgan fingerprint density at radius 3 is 1.78 bits per heavy atom. The number of rotatable bonds is 5. The summed E-state index contributed by atoms with van der Waals surface area (Å²) in [6.45, 7) is 14.7. The maximum Gasteiger partial charge on any atom is 0.0702 e. The van der Waals surface area contributed by atoms with Crippen molar-refractivity contribution in [2.75, 3.05) is 13.2 Å². The quantitative estimate of drug-likeness (QED) is 0.838. The lowest BCUT2D eigenvalue weighted by molar-refractivity contribution is 0.186. The third kappa shape index (κ3) is 4.13. The van der Waals surface area contributed by atoms with Gasteiger partial charge in [-0.05, 0) is 11.6 Å². The van der Waals surface area contributed by atoms with E-state index in [1.54, 1.807) is 30.5 Å². The first-order valence-electron chi connectivity index (χ1n) is 5.44. The van der Waals surface area contributed by atoms with Gasteiger partial charge < -0.3 is 10.2 Å². The van der Waals surface area contributed by atoms with Crippen LogP contribution in [-0.4, -0.2) is 28.4 Å². The van der Waals surface area contributed by atoms with E-state index in [1.165, 1.54) is 0 Å². The zero-order chi connectivity index (χ0) is 14.0. The summed E-state index contributed by atoms with van der Waals surface area (Å²) in [5.74, 6) is 0. The molecule has 0 aromatic carbocycles. The lowest BCUT2D eigenvalue weighted by Crippen LogP contribution is -1.93. The van der Waals surface area contributed by atoms with E-state index in [4.69, 9.17) is 10.2 Å². The van der Waals surface area contributed by atoms with Crippen LogP contribution in [0.1, 0.15) is 22.4 Å². The van der Waals surface area contributed by atoms with Gasteiger partial charge in [-0.2, -0.15) is 0 Å². The number of aliphatic hydroxyl groups is 2. The van der Waals surface area contributed by atoms with Crippen LogP contribution in [0.3, 0.4) is 0 Å². The largest absolute Gasteiger partial charge is 0.394 e. The van der Waals surface area contributed by atoms with Crippen molar-refractivity contribution in [3.8, 4) is 0 Å². The van der Waals surface area contributed by atoms with E-state index in [2.05, 4.69) is 31.3 Å². The van der Waals surface area contributed by atoms with Crippen LogP contribution in [0.4, 0.5) is 0 Å². The SMILES string of the molecule is C=Cc1cnc(C=C)c(C=C)c1C=C.OCCO. The first kappa shape index (κ1) is 16.0. The first-order valence-corrected chi connectivity index (χ1v) is 5.44. The molecule has 0 aliphatic heterocycles. The molecule has 0 atom stereocenters. The molecule has 0 aliphatic rings. The summed E-state index contributed by atoms with van der Waals surface area (Å²) in [5.41, 5.74) is 3.73. The molecule has 0 spiro atoms. The normalized spacial score (nSPS) is 8.78. The monoisotopic (exact) mass is 245 g/mol. The fourth-order valence-corrected chi connectivity index (χ4v) is 1.34. The van der Waals surface area contributed by atoms with Gasteiger partial charge in [0, 0.05) is 17.3 Å². The van der Waals surface area contributed by atoms with E-state index in [-0.39, 0.29) is 13.2 Å². The van der Waals surface area contributed by atoms with Crippen molar-refractivity contribution in [1.82, 2.24) is 4.98 Å². The number of hydrogen-bond donors (Lipinski definition) is 2. The van der Waals surface area contributed by atoms with Crippen LogP contribution in [0.5, 0.6) is 0 Å². The lowest BCUT2D eigenvalue weighted by Gasteiger charge is -2.07. The zero-order valence-corrected chi connectivity index (χ0v) is 10.5. The van der Waals surface area contributed by atoms with Crippen molar-refractivity contribution in [3.63, 3.8) is 0 Å². The number of aliphatic hydroxyl groups excluding tert-OH is 2. The molecule has 0 saturated carbocycles. The number of aromatic nitrogens is 1. The predicted molar refractivity (Wildman–Crippen MR) is 78.8 cm³/mol. The molecule has 18 heavy (non-hydrogen) atoms. The van der Waals surface area contributed by atoms with Crippen molar-refractivity contribution >= 4 is 24.3 Å². The highest BCUT2D eigenvalue weighted by Crippen LogP contribution is 2.21. The number of nitrogens with zero attached hydrogens (tertiary/aromatic N) is 1. The molecular formula is C15H19NO2. The summed E-state index contributed by atoms with van der Waals surface area (Å²) < 4.78 is 0. The third-order valence-electron chi connectivity index (χ3n) is 2.14. The second-order valence-corrected chi connectivity index (χ2v) is 3.19. The second-order valence-electron chi connectivity index (χ2n) is 3.19. The predicted octanol–water partition coefficient (Wildman–Crippen LogP) is 2.62. The summed E-state index contributed by atoms with van der Waals surface area (Å²) >= 11 is 0. The van der Waals surface area contributed by atoms with E-state index < -0.39 is 0 Å². The fraction of sp³-hybridized carbons (Fsp3) is 0.133. The van der Waals surface area contributed by atoms with E-state index >= 15 is 0 Å². The van der Waals surface area contributed by atoms with Crippen LogP contribution >= 0.6 is 0 Å². The van der Waals surface area contributed by atoms with Gasteiger partial charge in [0.05, 0.1) is 18.9 Å². The van der Waals surface area contributed by atoms with Gasteiger partial charge in [0.1, 0.15) is 0 Å². The van der Waals surface area contributed by atoms with Crippen LogP contribution in [0.15, 0.2) is 32.5 Å². The first-order chi connectivity index (χ1) is 8.69. The number of pyridine rings is 1. The third-order valence-corrected chi connectivity index (χ3v) is 2.14. The molecule has 0 radical (unpaired) electrons. The average molecular weight is 245 g/mol. The van der Waals surface area contributed by atoms with Gasteiger partial charge in [0.15, 0.2) is 0 Å². The Labute approximate surface area is 108 Å². The summed E-state index contributed by atoms with van der Waals surface area (Å²) in [6.07, 6.45) is 8.76. The molecule has 0 unspecified atom stereocenters. The highest BCUT2D eigenvalue weighted by atomic mass is 16.3. The highest BCUT2D eigenvalue weighted by Gasteiger charge is 2.05. The van der Waals surface area contributed by atoms with Gasteiger partial charge >= 0.3 is 0 Å².